The third kappa shape index (κ3) is 5.22. The third-order valence-electron chi connectivity index (χ3n) is 5.70. The molecule has 1 saturated heterocycles. The molecule has 32 heavy (non-hydrogen) atoms. The van der Waals surface area contributed by atoms with Crippen LogP contribution in [0.1, 0.15) is 36.9 Å². The molecule has 166 valence electrons. The fourth-order valence-corrected chi connectivity index (χ4v) is 4.03. The minimum absolute atomic E-state index is 0.147. The molecule has 1 amide bonds. The van der Waals surface area contributed by atoms with Crippen molar-refractivity contribution in [3.63, 3.8) is 0 Å². The first-order valence-corrected chi connectivity index (χ1v) is 11.1. The maximum atomic E-state index is 13.0. The summed E-state index contributed by atoms with van der Waals surface area (Å²) < 4.78 is 5.49. The van der Waals surface area contributed by atoms with E-state index in [1.165, 1.54) is 0 Å². The minimum Gasteiger partial charge on any atom is -0.494 e. The number of nitrogens with zero attached hydrogens (tertiary/aromatic N) is 4. The van der Waals surface area contributed by atoms with Crippen molar-refractivity contribution in [2.24, 2.45) is 0 Å². The number of pyridine rings is 1. The SMILES string of the molecule is CCOc1ccc(CC(=O)N2CCC[C@H](c3cc(NC)nc(-c4cccnc4)n3)C2)cc1. The maximum absolute atomic E-state index is 13.0. The van der Waals surface area contributed by atoms with Crippen molar-refractivity contribution in [2.75, 3.05) is 32.1 Å². The summed E-state index contributed by atoms with van der Waals surface area (Å²) in [6, 6.07) is 13.6. The molecule has 4 rings (SSSR count). The standard InChI is InChI=1S/C25H29N5O2/c1-3-32-21-10-8-18(9-11-21)14-24(31)30-13-5-7-20(17-30)22-15-23(26-2)29-25(28-22)19-6-4-12-27-16-19/h4,6,8-12,15-16,20H,3,5,7,13-14,17H2,1-2H3,(H,26,28,29)/t20-/m0/s1. The summed E-state index contributed by atoms with van der Waals surface area (Å²) >= 11 is 0. The van der Waals surface area contributed by atoms with Gasteiger partial charge in [0, 0.05) is 50.1 Å². The second-order valence-corrected chi connectivity index (χ2v) is 7.93. The lowest BCUT2D eigenvalue weighted by atomic mass is 9.93. The number of ether oxygens (including phenoxy) is 1. The summed E-state index contributed by atoms with van der Waals surface area (Å²) in [5, 5.41) is 3.13. The van der Waals surface area contributed by atoms with E-state index in [0.29, 0.717) is 25.4 Å². The zero-order chi connectivity index (χ0) is 22.3. The number of anilines is 1. The van der Waals surface area contributed by atoms with Crippen LogP contribution in [0, 0.1) is 0 Å². The van der Waals surface area contributed by atoms with Gasteiger partial charge in [-0.3, -0.25) is 9.78 Å². The Labute approximate surface area is 188 Å². The maximum Gasteiger partial charge on any atom is 0.227 e. The van der Waals surface area contributed by atoms with E-state index in [-0.39, 0.29) is 11.8 Å². The number of carbonyl (C=O) groups is 1. The molecule has 7 nitrogen and oxygen atoms in total. The molecule has 3 aromatic rings. The Morgan fingerprint density at radius 2 is 2.06 bits per heavy atom. The van der Waals surface area contributed by atoms with Crippen molar-refractivity contribution in [3.8, 4) is 17.1 Å². The van der Waals surface area contributed by atoms with E-state index in [4.69, 9.17) is 9.72 Å². The molecule has 1 aromatic carbocycles. The summed E-state index contributed by atoms with van der Waals surface area (Å²) in [6.45, 7) is 4.05. The highest BCUT2D eigenvalue weighted by Gasteiger charge is 2.26. The molecule has 1 atom stereocenters. The lowest BCUT2D eigenvalue weighted by molar-refractivity contribution is -0.131. The Morgan fingerprint density at radius 3 is 2.78 bits per heavy atom. The van der Waals surface area contributed by atoms with Crippen LogP contribution >= 0.6 is 0 Å². The van der Waals surface area contributed by atoms with Gasteiger partial charge in [-0.25, -0.2) is 9.97 Å². The van der Waals surface area contributed by atoms with Crippen molar-refractivity contribution in [1.82, 2.24) is 19.9 Å². The second-order valence-electron chi connectivity index (χ2n) is 7.93. The molecule has 0 aliphatic carbocycles. The quantitative estimate of drug-likeness (QED) is 0.611. The molecule has 0 radical (unpaired) electrons. The Balaban J connectivity index is 1.48. The van der Waals surface area contributed by atoms with Crippen LogP contribution in [0.3, 0.4) is 0 Å². The molecule has 7 heteroatoms. The van der Waals surface area contributed by atoms with E-state index in [1.807, 2.05) is 61.3 Å². The fraction of sp³-hybridized carbons (Fsp3) is 0.360. The summed E-state index contributed by atoms with van der Waals surface area (Å²) in [5.74, 6) is 2.58. The summed E-state index contributed by atoms with van der Waals surface area (Å²) in [6.07, 6.45) is 5.86. The van der Waals surface area contributed by atoms with Crippen LogP contribution < -0.4 is 10.1 Å². The molecule has 2 aromatic heterocycles. The minimum atomic E-state index is 0.147. The van der Waals surface area contributed by atoms with Crippen LogP contribution in [-0.4, -0.2) is 52.5 Å². The number of benzene rings is 1. The molecule has 1 N–H and O–H groups in total. The molecule has 0 spiro atoms. The highest BCUT2D eigenvalue weighted by molar-refractivity contribution is 5.79. The first-order chi connectivity index (χ1) is 15.7. The van der Waals surface area contributed by atoms with Gasteiger partial charge >= 0.3 is 0 Å². The van der Waals surface area contributed by atoms with E-state index < -0.39 is 0 Å². The van der Waals surface area contributed by atoms with Crippen LogP contribution in [0.5, 0.6) is 5.75 Å². The van der Waals surface area contributed by atoms with Crippen molar-refractivity contribution >= 4 is 11.7 Å². The molecule has 1 aliphatic rings. The molecule has 0 bridgehead atoms. The number of nitrogens with one attached hydrogen (secondary N) is 1. The zero-order valence-electron chi connectivity index (χ0n) is 18.6. The summed E-state index contributed by atoms with van der Waals surface area (Å²) in [4.78, 5) is 28.6. The van der Waals surface area contributed by atoms with Gasteiger partial charge in [-0.2, -0.15) is 0 Å². The molecule has 0 unspecified atom stereocenters. The van der Waals surface area contributed by atoms with Gasteiger partial charge in [-0.15, -0.1) is 0 Å². The predicted octanol–water partition coefficient (Wildman–Crippen LogP) is 3.93. The number of hydrogen-bond acceptors (Lipinski definition) is 6. The molecule has 1 fully saturated rings. The van der Waals surface area contributed by atoms with Crippen molar-refractivity contribution < 1.29 is 9.53 Å². The number of likely N-dealkylation sites (tertiary alicyclic amines) is 1. The third-order valence-corrected chi connectivity index (χ3v) is 5.70. The number of hydrogen-bond donors (Lipinski definition) is 1. The van der Waals surface area contributed by atoms with E-state index in [9.17, 15) is 4.79 Å². The van der Waals surface area contributed by atoms with Gasteiger partial charge in [0.25, 0.3) is 0 Å². The Hall–Kier alpha value is -3.48. The molecule has 3 heterocycles. The molecule has 0 saturated carbocycles. The van der Waals surface area contributed by atoms with Crippen LogP contribution in [0.4, 0.5) is 5.82 Å². The number of amides is 1. The summed E-state index contributed by atoms with van der Waals surface area (Å²) in [7, 11) is 1.85. The zero-order valence-corrected chi connectivity index (χ0v) is 18.6. The average molecular weight is 432 g/mol. The summed E-state index contributed by atoms with van der Waals surface area (Å²) in [5.41, 5.74) is 2.84. The van der Waals surface area contributed by atoms with Gasteiger partial charge in [0.1, 0.15) is 11.6 Å². The van der Waals surface area contributed by atoms with Gasteiger partial charge in [-0.05, 0) is 49.6 Å². The first-order valence-electron chi connectivity index (χ1n) is 11.1. The monoisotopic (exact) mass is 431 g/mol. The van der Waals surface area contributed by atoms with Gasteiger partial charge < -0.3 is 15.0 Å². The fourth-order valence-electron chi connectivity index (χ4n) is 4.03. The van der Waals surface area contributed by atoms with E-state index in [0.717, 1.165) is 47.8 Å². The highest BCUT2D eigenvalue weighted by Crippen LogP contribution is 2.29. The number of piperidine rings is 1. The Kier molecular flexibility index (Phi) is 6.94. The molecule has 1 aliphatic heterocycles. The van der Waals surface area contributed by atoms with Crippen molar-refractivity contribution in [2.45, 2.75) is 32.1 Å². The lowest BCUT2D eigenvalue weighted by Crippen LogP contribution is -2.40. The van der Waals surface area contributed by atoms with Gasteiger partial charge in [0.05, 0.1) is 18.7 Å². The first kappa shape index (κ1) is 21.7. The van der Waals surface area contributed by atoms with Crippen molar-refractivity contribution in [1.29, 1.82) is 0 Å². The predicted molar refractivity (Wildman–Crippen MR) is 125 cm³/mol. The van der Waals surface area contributed by atoms with Crippen molar-refractivity contribution in [3.05, 3.63) is 66.1 Å². The van der Waals surface area contributed by atoms with E-state index >= 15 is 0 Å². The molecular formula is C25H29N5O2. The topological polar surface area (TPSA) is 80.2 Å². The van der Waals surface area contributed by atoms with Crippen LogP contribution in [0.25, 0.3) is 11.4 Å². The van der Waals surface area contributed by atoms with E-state index in [2.05, 4.69) is 15.3 Å². The largest absolute Gasteiger partial charge is 0.494 e. The van der Waals surface area contributed by atoms with Gasteiger partial charge in [0.15, 0.2) is 5.82 Å². The Bertz CT molecular complexity index is 1040. The number of rotatable bonds is 7. The van der Waals surface area contributed by atoms with Gasteiger partial charge in [0.2, 0.25) is 5.91 Å². The average Bonchev–Trinajstić information content (AvgIpc) is 2.85. The number of carbonyl (C=O) groups excluding carboxylic acids is 1. The van der Waals surface area contributed by atoms with E-state index in [1.54, 1.807) is 12.4 Å². The highest BCUT2D eigenvalue weighted by atomic mass is 16.5. The lowest BCUT2D eigenvalue weighted by Gasteiger charge is -2.33. The van der Waals surface area contributed by atoms with Crippen LogP contribution in [-0.2, 0) is 11.2 Å². The smallest absolute Gasteiger partial charge is 0.227 e. The second kappa shape index (κ2) is 10.2. The Morgan fingerprint density at radius 1 is 1.22 bits per heavy atom. The number of aromatic nitrogens is 3. The van der Waals surface area contributed by atoms with Crippen LogP contribution in [0.15, 0.2) is 54.9 Å². The van der Waals surface area contributed by atoms with Gasteiger partial charge in [-0.1, -0.05) is 12.1 Å². The normalized spacial score (nSPS) is 15.9. The van der Waals surface area contributed by atoms with Crippen LogP contribution in [0.2, 0.25) is 0 Å². The molecular weight excluding hydrogens is 402 g/mol.